The Kier molecular flexibility index (Phi) is 5.75. The third-order valence-corrected chi connectivity index (χ3v) is 6.69. The zero-order valence-corrected chi connectivity index (χ0v) is 18.2. The molecule has 4 rings (SSSR count). The number of anilines is 1. The minimum Gasteiger partial charge on any atom is -0.325 e. The van der Waals surface area contributed by atoms with Crippen molar-refractivity contribution in [1.29, 1.82) is 0 Å². The first-order valence-corrected chi connectivity index (χ1v) is 11.2. The number of amides is 1. The Morgan fingerprint density at radius 1 is 1.11 bits per heavy atom. The van der Waals surface area contributed by atoms with Crippen LogP contribution in [-0.4, -0.2) is 21.6 Å². The van der Waals surface area contributed by atoms with Gasteiger partial charge in [-0.2, -0.15) is 0 Å². The van der Waals surface area contributed by atoms with E-state index in [1.54, 1.807) is 17.7 Å². The largest absolute Gasteiger partial charge is 0.325 e. The summed E-state index contributed by atoms with van der Waals surface area (Å²) in [4.78, 5) is 23.4. The third-order valence-electron chi connectivity index (χ3n) is 4.16. The van der Waals surface area contributed by atoms with Gasteiger partial charge in [-0.05, 0) is 36.8 Å². The first-order valence-electron chi connectivity index (χ1n) is 8.59. The quantitative estimate of drug-likeness (QED) is 0.280. The van der Waals surface area contributed by atoms with Gasteiger partial charge in [0, 0.05) is 20.6 Å². The number of aromatic nitrogens is 2. The van der Waals surface area contributed by atoms with Crippen molar-refractivity contribution in [3.05, 3.63) is 70.3 Å². The molecule has 0 radical (unpaired) electrons. The maximum absolute atomic E-state index is 12.4. The Morgan fingerprint density at radius 3 is 2.61 bits per heavy atom. The van der Waals surface area contributed by atoms with Crippen molar-refractivity contribution < 1.29 is 4.79 Å². The molecule has 0 aliphatic rings. The second-order valence-electron chi connectivity index (χ2n) is 6.10. The van der Waals surface area contributed by atoms with Gasteiger partial charge in [0.1, 0.15) is 16.2 Å². The fraction of sp³-hybridized carbons (Fsp3) is 0.0952. The molecule has 0 unspecified atom stereocenters. The normalized spacial score (nSPS) is 10.9. The van der Waals surface area contributed by atoms with Crippen LogP contribution in [0.5, 0.6) is 0 Å². The van der Waals surface area contributed by atoms with Crippen LogP contribution in [0.15, 0.2) is 70.4 Å². The average Bonchev–Trinajstić information content (AvgIpc) is 3.05. The molecule has 4 nitrogen and oxygen atoms in total. The minimum atomic E-state index is -0.0627. The van der Waals surface area contributed by atoms with E-state index in [9.17, 15) is 4.79 Å². The smallest absolute Gasteiger partial charge is 0.234 e. The summed E-state index contributed by atoms with van der Waals surface area (Å²) in [6, 6.07) is 17.8. The van der Waals surface area contributed by atoms with Gasteiger partial charge in [-0.1, -0.05) is 58.0 Å². The molecular formula is C21H16BrN3OS2. The predicted molar refractivity (Wildman–Crippen MR) is 121 cm³/mol. The third kappa shape index (κ3) is 4.11. The fourth-order valence-electron chi connectivity index (χ4n) is 2.94. The SMILES string of the molecule is Cc1sc2ncnc(SCC(=O)Nc3ccc(Br)cc3)c2c1-c1ccccc1. The molecule has 28 heavy (non-hydrogen) atoms. The summed E-state index contributed by atoms with van der Waals surface area (Å²) in [6.07, 6.45) is 1.57. The standard InChI is InChI=1S/C21H16BrN3OS2/c1-13-18(14-5-3-2-4-6-14)19-20(23-12-24-21(19)28-13)27-11-17(26)25-16-9-7-15(22)8-10-16/h2-10,12H,11H2,1H3,(H,25,26). The van der Waals surface area contributed by atoms with E-state index in [1.165, 1.54) is 16.6 Å². The minimum absolute atomic E-state index is 0.0627. The number of benzene rings is 2. The van der Waals surface area contributed by atoms with Crippen LogP contribution < -0.4 is 5.32 Å². The monoisotopic (exact) mass is 469 g/mol. The van der Waals surface area contributed by atoms with Crippen LogP contribution >= 0.6 is 39.0 Å². The molecule has 0 aliphatic carbocycles. The van der Waals surface area contributed by atoms with E-state index in [-0.39, 0.29) is 11.7 Å². The van der Waals surface area contributed by atoms with Crippen molar-refractivity contribution in [3.8, 4) is 11.1 Å². The van der Waals surface area contributed by atoms with Crippen LogP contribution in [0, 0.1) is 6.92 Å². The average molecular weight is 470 g/mol. The summed E-state index contributed by atoms with van der Waals surface area (Å²) < 4.78 is 0.976. The van der Waals surface area contributed by atoms with Gasteiger partial charge in [0.15, 0.2) is 0 Å². The number of fused-ring (bicyclic) bond motifs is 1. The van der Waals surface area contributed by atoms with Gasteiger partial charge in [0.2, 0.25) is 5.91 Å². The van der Waals surface area contributed by atoms with Crippen molar-refractivity contribution in [1.82, 2.24) is 9.97 Å². The number of nitrogens with one attached hydrogen (secondary N) is 1. The summed E-state index contributed by atoms with van der Waals surface area (Å²) in [7, 11) is 0. The van der Waals surface area contributed by atoms with E-state index < -0.39 is 0 Å². The van der Waals surface area contributed by atoms with Crippen molar-refractivity contribution in [2.24, 2.45) is 0 Å². The Balaban J connectivity index is 1.59. The Morgan fingerprint density at radius 2 is 1.86 bits per heavy atom. The van der Waals surface area contributed by atoms with Crippen LogP contribution in [0.4, 0.5) is 5.69 Å². The van der Waals surface area contributed by atoms with Crippen molar-refractivity contribution in [3.63, 3.8) is 0 Å². The van der Waals surface area contributed by atoms with Gasteiger partial charge < -0.3 is 5.32 Å². The summed E-state index contributed by atoms with van der Waals surface area (Å²) in [6.45, 7) is 2.10. The summed E-state index contributed by atoms with van der Waals surface area (Å²) >= 11 is 6.49. The number of rotatable bonds is 5. The van der Waals surface area contributed by atoms with Crippen molar-refractivity contribution in [2.45, 2.75) is 11.9 Å². The molecule has 2 aromatic carbocycles. The summed E-state index contributed by atoms with van der Waals surface area (Å²) in [5, 5.41) is 4.78. The molecule has 0 bridgehead atoms. The van der Waals surface area contributed by atoms with Crippen LogP contribution in [0.2, 0.25) is 0 Å². The molecular weight excluding hydrogens is 454 g/mol. The number of halogens is 1. The lowest BCUT2D eigenvalue weighted by Crippen LogP contribution is -2.14. The van der Waals surface area contributed by atoms with Gasteiger partial charge in [-0.3, -0.25) is 4.79 Å². The number of thiophene rings is 1. The summed E-state index contributed by atoms with van der Waals surface area (Å²) in [5.41, 5.74) is 3.07. The Labute approximate surface area is 179 Å². The molecule has 140 valence electrons. The van der Waals surface area contributed by atoms with Crippen molar-refractivity contribution >= 4 is 60.8 Å². The van der Waals surface area contributed by atoms with Crippen LogP contribution in [-0.2, 0) is 4.79 Å². The summed E-state index contributed by atoms with van der Waals surface area (Å²) in [5.74, 6) is 0.220. The highest BCUT2D eigenvalue weighted by Crippen LogP contribution is 2.41. The fourth-order valence-corrected chi connectivity index (χ4v) is 5.09. The number of carbonyl (C=O) groups is 1. The van der Waals surface area contributed by atoms with Gasteiger partial charge in [-0.15, -0.1) is 11.3 Å². The molecule has 4 aromatic rings. The maximum atomic E-state index is 12.4. The number of thioether (sulfide) groups is 1. The lowest BCUT2D eigenvalue weighted by Gasteiger charge is -2.07. The molecule has 0 spiro atoms. The van der Waals surface area contributed by atoms with E-state index in [1.807, 2.05) is 42.5 Å². The van der Waals surface area contributed by atoms with Crippen molar-refractivity contribution in [2.75, 3.05) is 11.1 Å². The molecule has 2 heterocycles. The molecule has 1 amide bonds. The van der Waals surface area contributed by atoms with Crippen LogP contribution in [0.3, 0.4) is 0 Å². The first kappa shape index (κ1) is 19.1. The maximum Gasteiger partial charge on any atom is 0.234 e. The van der Waals surface area contributed by atoms with Gasteiger partial charge in [0.25, 0.3) is 0 Å². The topological polar surface area (TPSA) is 54.9 Å². The Bertz CT molecular complexity index is 1130. The number of aryl methyl sites for hydroxylation is 1. The van der Waals surface area contributed by atoms with E-state index in [4.69, 9.17) is 0 Å². The number of hydrogen-bond acceptors (Lipinski definition) is 5. The molecule has 7 heteroatoms. The zero-order chi connectivity index (χ0) is 19.5. The Hall–Kier alpha value is -2.22. The molecule has 2 aromatic heterocycles. The van der Waals surface area contributed by atoms with Crippen LogP contribution in [0.1, 0.15) is 4.88 Å². The molecule has 0 aliphatic heterocycles. The number of hydrogen-bond donors (Lipinski definition) is 1. The van der Waals surface area contributed by atoms with E-state index in [0.29, 0.717) is 0 Å². The zero-order valence-electron chi connectivity index (χ0n) is 15.0. The highest BCUT2D eigenvalue weighted by atomic mass is 79.9. The van der Waals surface area contributed by atoms with Gasteiger partial charge in [-0.25, -0.2) is 9.97 Å². The van der Waals surface area contributed by atoms with E-state index in [2.05, 4.69) is 50.3 Å². The van der Waals surface area contributed by atoms with Crippen LogP contribution in [0.25, 0.3) is 21.3 Å². The second kappa shape index (κ2) is 8.43. The van der Waals surface area contributed by atoms with Gasteiger partial charge >= 0.3 is 0 Å². The molecule has 0 atom stereocenters. The second-order valence-corrected chi connectivity index (χ2v) is 9.18. The highest BCUT2D eigenvalue weighted by molar-refractivity contribution is 9.10. The molecule has 0 fully saturated rings. The predicted octanol–water partition coefficient (Wildman–Crippen LogP) is 6.16. The lowest BCUT2D eigenvalue weighted by atomic mass is 10.0. The molecule has 0 saturated heterocycles. The highest BCUT2D eigenvalue weighted by Gasteiger charge is 2.17. The first-order chi connectivity index (χ1) is 13.6. The molecule has 0 saturated carbocycles. The number of nitrogens with zero attached hydrogens (tertiary/aromatic N) is 2. The molecule has 1 N–H and O–H groups in total. The lowest BCUT2D eigenvalue weighted by molar-refractivity contribution is -0.113. The number of carbonyl (C=O) groups excluding carboxylic acids is 1. The van der Waals surface area contributed by atoms with E-state index >= 15 is 0 Å². The van der Waals surface area contributed by atoms with Gasteiger partial charge in [0.05, 0.1) is 11.1 Å². The van der Waals surface area contributed by atoms with E-state index in [0.717, 1.165) is 36.5 Å².